The van der Waals surface area contributed by atoms with Crippen molar-refractivity contribution in [2.24, 2.45) is 0 Å². The summed E-state index contributed by atoms with van der Waals surface area (Å²) in [5.74, 6) is -0.828. The van der Waals surface area contributed by atoms with Crippen LogP contribution in [-0.2, 0) is 24.3 Å². The highest BCUT2D eigenvalue weighted by Crippen LogP contribution is 2.31. The zero-order chi connectivity index (χ0) is 15.7. The Morgan fingerprint density at radius 1 is 1.32 bits per heavy atom. The Morgan fingerprint density at radius 3 is 2.73 bits per heavy atom. The lowest BCUT2D eigenvalue weighted by molar-refractivity contribution is -0.137. The van der Waals surface area contributed by atoms with Crippen molar-refractivity contribution in [3.8, 4) is 11.3 Å². The summed E-state index contributed by atoms with van der Waals surface area (Å²) in [4.78, 5) is 10.8. The Kier molecular flexibility index (Phi) is 4.38. The van der Waals surface area contributed by atoms with E-state index in [-0.39, 0.29) is 6.42 Å². The van der Waals surface area contributed by atoms with Crippen molar-refractivity contribution < 1.29 is 9.90 Å². The fourth-order valence-electron chi connectivity index (χ4n) is 2.73. The van der Waals surface area contributed by atoms with Crippen LogP contribution in [0.3, 0.4) is 0 Å². The number of carboxylic acid groups (broad SMARTS) is 1. The molecule has 3 rings (SSSR count). The predicted molar refractivity (Wildman–Crippen MR) is 85.3 cm³/mol. The highest BCUT2D eigenvalue weighted by Gasteiger charge is 2.22. The maximum Gasteiger partial charge on any atom is 0.305 e. The molecule has 1 aliphatic heterocycles. The standard InChI is InChI=1S/C15H15Cl2N3O2/c16-10-5-9(6-11(17)7-10)15-12-8-18-3-1-13(12)20(19-15)4-2-14(21)22/h5-7,18H,1-4,8H2,(H,21,22). The van der Waals surface area contributed by atoms with Gasteiger partial charge in [0.15, 0.2) is 0 Å². The van der Waals surface area contributed by atoms with Crippen LogP contribution in [0.5, 0.6) is 0 Å². The fraction of sp³-hybridized carbons (Fsp3) is 0.333. The van der Waals surface area contributed by atoms with E-state index < -0.39 is 5.97 Å². The van der Waals surface area contributed by atoms with E-state index in [1.807, 2.05) is 12.1 Å². The van der Waals surface area contributed by atoms with Gasteiger partial charge in [0, 0.05) is 46.4 Å². The molecule has 1 aliphatic rings. The van der Waals surface area contributed by atoms with Gasteiger partial charge in [-0.25, -0.2) is 0 Å². The molecule has 0 saturated carbocycles. The quantitative estimate of drug-likeness (QED) is 0.898. The molecule has 0 fully saturated rings. The normalized spacial score (nSPS) is 13.9. The van der Waals surface area contributed by atoms with Crippen LogP contribution in [0.25, 0.3) is 11.3 Å². The molecule has 5 nitrogen and oxygen atoms in total. The van der Waals surface area contributed by atoms with Crippen molar-refractivity contribution >= 4 is 29.2 Å². The molecular formula is C15H15Cl2N3O2. The Labute approximate surface area is 137 Å². The molecule has 0 bridgehead atoms. The van der Waals surface area contributed by atoms with Gasteiger partial charge in [-0.15, -0.1) is 0 Å². The van der Waals surface area contributed by atoms with Crippen LogP contribution in [0, 0.1) is 0 Å². The van der Waals surface area contributed by atoms with Crippen LogP contribution in [-0.4, -0.2) is 27.4 Å². The maximum atomic E-state index is 10.8. The molecule has 2 aromatic rings. The first-order chi connectivity index (χ1) is 10.5. The predicted octanol–water partition coefficient (Wildman–Crippen LogP) is 2.98. The van der Waals surface area contributed by atoms with Crippen molar-refractivity contribution in [1.82, 2.24) is 15.1 Å². The molecule has 2 heterocycles. The number of hydrogen-bond acceptors (Lipinski definition) is 3. The van der Waals surface area contributed by atoms with Crippen LogP contribution in [0.2, 0.25) is 10.0 Å². The van der Waals surface area contributed by atoms with Gasteiger partial charge in [-0.05, 0) is 18.2 Å². The number of halogens is 2. The highest BCUT2D eigenvalue weighted by atomic mass is 35.5. The number of fused-ring (bicyclic) bond motifs is 1. The minimum Gasteiger partial charge on any atom is -0.481 e. The van der Waals surface area contributed by atoms with E-state index in [1.165, 1.54) is 0 Å². The average Bonchev–Trinajstić information content (AvgIpc) is 2.83. The second kappa shape index (κ2) is 6.28. The van der Waals surface area contributed by atoms with Crippen LogP contribution < -0.4 is 5.32 Å². The SMILES string of the molecule is O=C(O)CCn1nc(-c2cc(Cl)cc(Cl)c2)c2c1CCNC2. The Morgan fingerprint density at radius 2 is 2.05 bits per heavy atom. The summed E-state index contributed by atoms with van der Waals surface area (Å²) in [6, 6.07) is 5.33. The first-order valence-corrected chi connectivity index (χ1v) is 7.77. The topological polar surface area (TPSA) is 67.1 Å². The molecule has 0 aliphatic carbocycles. The van der Waals surface area contributed by atoms with Crippen molar-refractivity contribution in [2.75, 3.05) is 6.54 Å². The van der Waals surface area contributed by atoms with E-state index in [1.54, 1.807) is 10.7 Å². The number of carboxylic acids is 1. The summed E-state index contributed by atoms with van der Waals surface area (Å²) in [6.45, 7) is 1.94. The Bertz CT molecular complexity index is 708. The van der Waals surface area contributed by atoms with Crippen molar-refractivity contribution in [3.63, 3.8) is 0 Å². The number of nitrogens with one attached hydrogen (secondary N) is 1. The van der Waals surface area contributed by atoms with Crippen molar-refractivity contribution in [2.45, 2.75) is 25.9 Å². The van der Waals surface area contributed by atoms with Gasteiger partial charge in [0.25, 0.3) is 0 Å². The Balaban J connectivity index is 2.05. The smallest absolute Gasteiger partial charge is 0.305 e. The number of hydrogen-bond donors (Lipinski definition) is 2. The average molecular weight is 340 g/mol. The lowest BCUT2D eigenvalue weighted by Crippen LogP contribution is -2.25. The summed E-state index contributed by atoms with van der Waals surface area (Å²) in [5, 5.41) is 17.9. The number of rotatable bonds is 4. The molecule has 7 heteroatoms. The van der Waals surface area contributed by atoms with Crippen LogP contribution >= 0.6 is 23.2 Å². The third kappa shape index (κ3) is 3.11. The zero-order valence-electron chi connectivity index (χ0n) is 11.8. The lowest BCUT2D eigenvalue weighted by atomic mass is 10.0. The van der Waals surface area contributed by atoms with E-state index >= 15 is 0 Å². The van der Waals surface area contributed by atoms with Crippen LogP contribution in [0.15, 0.2) is 18.2 Å². The number of benzene rings is 1. The molecule has 1 aromatic carbocycles. The molecule has 0 atom stereocenters. The molecule has 0 spiro atoms. The number of aryl methyl sites for hydroxylation is 1. The number of nitrogens with zero attached hydrogens (tertiary/aromatic N) is 2. The summed E-state index contributed by atoms with van der Waals surface area (Å²) in [6.07, 6.45) is 0.882. The first kappa shape index (κ1) is 15.3. The van der Waals surface area contributed by atoms with Gasteiger partial charge in [0.1, 0.15) is 0 Å². The van der Waals surface area contributed by atoms with E-state index in [2.05, 4.69) is 10.4 Å². The zero-order valence-corrected chi connectivity index (χ0v) is 13.3. The largest absolute Gasteiger partial charge is 0.481 e. The molecule has 0 amide bonds. The van der Waals surface area contributed by atoms with Gasteiger partial charge in [0.05, 0.1) is 18.7 Å². The van der Waals surface area contributed by atoms with Crippen LogP contribution in [0.4, 0.5) is 0 Å². The fourth-order valence-corrected chi connectivity index (χ4v) is 3.25. The molecule has 116 valence electrons. The lowest BCUT2D eigenvalue weighted by Gasteiger charge is -2.15. The number of aliphatic carboxylic acids is 1. The van der Waals surface area contributed by atoms with Crippen molar-refractivity contribution in [1.29, 1.82) is 0 Å². The Hall–Kier alpha value is -1.56. The summed E-state index contributed by atoms with van der Waals surface area (Å²) in [5.41, 5.74) is 3.85. The van der Waals surface area contributed by atoms with E-state index in [0.29, 0.717) is 23.1 Å². The van der Waals surface area contributed by atoms with Crippen LogP contribution in [0.1, 0.15) is 17.7 Å². The van der Waals surface area contributed by atoms with E-state index in [9.17, 15) is 4.79 Å². The third-order valence-corrected chi connectivity index (χ3v) is 4.12. The minimum atomic E-state index is -0.828. The molecule has 0 radical (unpaired) electrons. The van der Waals surface area contributed by atoms with Gasteiger partial charge in [-0.3, -0.25) is 9.48 Å². The van der Waals surface area contributed by atoms with E-state index in [4.69, 9.17) is 28.3 Å². The molecule has 0 saturated heterocycles. The minimum absolute atomic E-state index is 0.0529. The molecule has 1 aromatic heterocycles. The summed E-state index contributed by atoms with van der Waals surface area (Å²) < 4.78 is 1.80. The van der Waals surface area contributed by atoms with Gasteiger partial charge < -0.3 is 10.4 Å². The summed E-state index contributed by atoms with van der Waals surface area (Å²) >= 11 is 12.2. The number of carbonyl (C=O) groups is 1. The highest BCUT2D eigenvalue weighted by molar-refractivity contribution is 6.35. The summed E-state index contributed by atoms with van der Waals surface area (Å²) in [7, 11) is 0. The molecule has 0 unspecified atom stereocenters. The first-order valence-electron chi connectivity index (χ1n) is 7.02. The third-order valence-electron chi connectivity index (χ3n) is 3.68. The van der Waals surface area contributed by atoms with Crippen molar-refractivity contribution in [3.05, 3.63) is 39.5 Å². The van der Waals surface area contributed by atoms with E-state index in [0.717, 1.165) is 35.5 Å². The maximum absolute atomic E-state index is 10.8. The molecular weight excluding hydrogens is 325 g/mol. The van der Waals surface area contributed by atoms with Gasteiger partial charge in [-0.2, -0.15) is 5.10 Å². The number of aromatic nitrogens is 2. The second-order valence-electron chi connectivity index (χ2n) is 5.23. The monoisotopic (exact) mass is 339 g/mol. The molecule has 22 heavy (non-hydrogen) atoms. The van der Waals surface area contributed by atoms with Gasteiger partial charge in [-0.1, -0.05) is 23.2 Å². The second-order valence-corrected chi connectivity index (χ2v) is 6.10. The molecule has 2 N–H and O–H groups in total. The van der Waals surface area contributed by atoms with Gasteiger partial charge >= 0.3 is 5.97 Å². The van der Waals surface area contributed by atoms with Gasteiger partial charge in [0.2, 0.25) is 0 Å².